The normalized spacial score (nSPS) is 10.7. The molecular weight excluding hydrogens is 292 g/mol. The van der Waals surface area contributed by atoms with Crippen molar-refractivity contribution in [1.29, 1.82) is 0 Å². The molecule has 0 radical (unpaired) electrons. The van der Waals surface area contributed by atoms with E-state index in [0.29, 0.717) is 0 Å². The summed E-state index contributed by atoms with van der Waals surface area (Å²) in [5.74, 6) is -0.914. The average Bonchev–Trinajstić information content (AvgIpc) is 2.43. The Morgan fingerprint density at radius 3 is 1.67 bits per heavy atom. The molecule has 0 fully saturated rings. The number of aliphatic carboxylic acids is 1. The van der Waals surface area contributed by atoms with Crippen molar-refractivity contribution in [3.63, 3.8) is 0 Å². The Balaban J connectivity index is 0. The fraction of sp³-hybridized carbons (Fsp3) is 0.833. The van der Waals surface area contributed by atoms with Gasteiger partial charge in [0.2, 0.25) is 0 Å². The van der Waals surface area contributed by atoms with Crippen LogP contribution >= 0.6 is 0 Å². The molecule has 21 heavy (non-hydrogen) atoms. The molecule has 0 aliphatic rings. The summed E-state index contributed by atoms with van der Waals surface area (Å²) in [5, 5.41) is 10.2. The minimum absolute atomic E-state index is 0. The molecule has 2 nitrogen and oxygen atoms in total. The summed E-state index contributed by atoms with van der Waals surface area (Å²) in [7, 11) is 0. The van der Waals surface area contributed by atoms with Gasteiger partial charge in [-0.1, -0.05) is 70.4 Å². The van der Waals surface area contributed by atoms with Gasteiger partial charge in [0.1, 0.15) is 0 Å². The number of rotatable bonds is 15. The molecule has 0 saturated carbocycles. The molecule has 0 spiro atoms. The van der Waals surface area contributed by atoms with E-state index in [1.54, 1.807) is 0 Å². The van der Waals surface area contributed by atoms with Crippen LogP contribution in [0.15, 0.2) is 12.2 Å². The van der Waals surface area contributed by atoms with Gasteiger partial charge in [-0.15, -0.1) is 0 Å². The Labute approximate surface area is 174 Å². The third-order valence-corrected chi connectivity index (χ3v) is 3.64. The number of carboxylic acids is 1. The van der Waals surface area contributed by atoms with Crippen LogP contribution in [0.25, 0.3) is 0 Å². The van der Waals surface area contributed by atoms with Gasteiger partial charge in [0.25, 0.3) is 0 Å². The molecule has 0 saturated heterocycles. The molecule has 0 atom stereocenters. The number of hydrogen-bond donors (Lipinski definition) is 0. The van der Waals surface area contributed by atoms with Crippen molar-refractivity contribution in [2.24, 2.45) is 0 Å². The molecule has 0 rings (SSSR count). The third kappa shape index (κ3) is 23.2. The Bertz CT molecular complexity index is 239. The number of unbranched alkanes of at least 4 members (excludes halogenated alkanes) is 11. The molecule has 0 heterocycles. The van der Waals surface area contributed by atoms with Crippen LogP contribution in [0.2, 0.25) is 0 Å². The van der Waals surface area contributed by atoms with Crippen molar-refractivity contribution in [3.8, 4) is 0 Å². The number of hydrogen-bond acceptors (Lipinski definition) is 2. The summed E-state index contributed by atoms with van der Waals surface area (Å²) in [6, 6.07) is 0. The third-order valence-electron chi connectivity index (χ3n) is 3.64. The largest absolute Gasteiger partial charge is 1.00 e. The quantitative estimate of drug-likeness (QED) is 0.199. The van der Waals surface area contributed by atoms with Crippen LogP contribution in [0.5, 0.6) is 0 Å². The molecule has 0 unspecified atom stereocenters. The van der Waals surface area contributed by atoms with Crippen LogP contribution in [-0.4, -0.2) is 5.97 Å². The zero-order chi connectivity index (χ0) is 14.9. The van der Waals surface area contributed by atoms with Crippen molar-refractivity contribution in [1.82, 2.24) is 0 Å². The first-order chi connectivity index (χ1) is 9.77. The minimum atomic E-state index is -0.914. The molecule has 0 aromatic rings. The van der Waals surface area contributed by atoms with Crippen LogP contribution in [0.4, 0.5) is 0 Å². The summed E-state index contributed by atoms with van der Waals surface area (Å²) in [6.45, 7) is 2.26. The van der Waals surface area contributed by atoms with Crippen molar-refractivity contribution < 1.29 is 61.3 Å². The van der Waals surface area contributed by atoms with E-state index in [4.69, 9.17) is 0 Å². The number of carbonyl (C=O) groups is 1. The summed E-state index contributed by atoms with van der Waals surface area (Å²) in [4.78, 5) is 10.2. The maximum absolute atomic E-state index is 10.2. The second-order valence-electron chi connectivity index (χ2n) is 5.71. The second-order valence-corrected chi connectivity index (χ2v) is 5.71. The summed E-state index contributed by atoms with van der Waals surface area (Å²) < 4.78 is 0. The topological polar surface area (TPSA) is 40.1 Å². The van der Waals surface area contributed by atoms with Gasteiger partial charge in [-0.3, -0.25) is 0 Å². The van der Waals surface area contributed by atoms with Gasteiger partial charge in [-0.25, -0.2) is 0 Å². The minimum Gasteiger partial charge on any atom is -0.550 e. The smallest absolute Gasteiger partial charge is 0.550 e. The van der Waals surface area contributed by atoms with Crippen molar-refractivity contribution in [2.45, 2.75) is 96.8 Å². The summed E-state index contributed by atoms with van der Waals surface area (Å²) in [6.07, 6.45) is 20.9. The molecule has 0 aromatic heterocycles. The Morgan fingerprint density at radius 1 is 0.762 bits per heavy atom. The van der Waals surface area contributed by atoms with Gasteiger partial charge >= 0.3 is 51.4 Å². The van der Waals surface area contributed by atoms with Crippen molar-refractivity contribution in [3.05, 3.63) is 12.2 Å². The Hall–Kier alpha value is 0.846. The number of carboxylic acid groups (broad SMARTS) is 1. The fourth-order valence-electron chi connectivity index (χ4n) is 2.34. The number of allylic oxidation sites excluding steroid dienone is 2. The van der Waals surface area contributed by atoms with Gasteiger partial charge in [0.15, 0.2) is 0 Å². The van der Waals surface area contributed by atoms with E-state index in [9.17, 15) is 9.90 Å². The van der Waals surface area contributed by atoms with Crippen LogP contribution in [0.3, 0.4) is 0 Å². The van der Waals surface area contributed by atoms with Crippen LogP contribution < -0.4 is 56.5 Å². The molecule has 0 bridgehead atoms. The maximum atomic E-state index is 10.2. The summed E-state index contributed by atoms with van der Waals surface area (Å²) >= 11 is 0. The van der Waals surface area contributed by atoms with Crippen molar-refractivity contribution >= 4 is 5.97 Å². The molecule has 0 N–H and O–H groups in total. The molecule has 0 aliphatic carbocycles. The summed E-state index contributed by atoms with van der Waals surface area (Å²) in [5.41, 5.74) is 0. The SMILES string of the molecule is CCCCCCCC/C=C\[13CH2][13CH2]CCC[13CH2][13CH2][13C](=O)[O-].[K+]. The zero-order valence-corrected chi connectivity index (χ0v) is 17.5. The Kier molecular flexibility index (Phi) is 23.9. The van der Waals surface area contributed by atoms with Gasteiger partial charge in [0, 0.05) is 5.97 Å². The molecule has 118 valence electrons. The molecule has 0 amide bonds. The maximum Gasteiger partial charge on any atom is 1.00 e. The van der Waals surface area contributed by atoms with E-state index in [2.05, 4.69) is 19.1 Å². The molecule has 0 aromatic carbocycles. The van der Waals surface area contributed by atoms with E-state index >= 15 is 0 Å². The first-order valence-corrected chi connectivity index (χ1v) is 8.62. The van der Waals surface area contributed by atoms with Gasteiger partial charge < -0.3 is 9.90 Å². The predicted molar refractivity (Wildman–Crippen MR) is 84.5 cm³/mol. The molecule has 0 aliphatic heterocycles. The van der Waals surface area contributed by atoms with Gasteiger partial charge in [-0.2, -0.15) is 0 Å². The fourth-order valence-corrected chi connectivity index (χ4v) is 2.34. The zero-order valence-electron chi connectivity index (χ0n) is 14.4. The van der Waals surface area contributed by atoms with E-state index in [-0.39, 0.29) is 57.8 Å². The van der Waals surface area contributed by atoms with Gasteiger partial charge in [0.05, 0.1) is 0 Å². The van der Waals surface area contributed by atoms with Crippen molar-refractivity contribution in [2.75, 3.05) is 0 Å². The number of carbonyl (C=O) groups excluding carboxylic acids is 1. The van der Waals surface area contributed by atoms with E-state index in [0.717, 1.165) is 19.3 Å². The standard InChI is InChI=1S/C18H34O2.K/c1-2-3-4-5-6-7-8-9-10-11-12-13-14-15-16-17-18(19)20;/h9-10H,2-8,11-17H2,1H3,(H,19,20);/q;+1/p-1/b10-9-;/i11+1,12+1,16+1,17+1,18+1;. The monoisotopic (exact) mass is 325 g/mol. The van der Waals surface area contributed by atoms with Gasteiger partial charge in [-0.05, 0) is 38.5 Å². The Morgan fingerprint density at radius 2 is 1.19 bits per heavy atom. The second kappa shape index (κ2) is 20.8. The predicted octanol–water partition coefficient (Wildman–Crippen LogP) is 1.78. The van der Waals surface area contributed by atoms with E-state index in [1.165, 1.54) is 64.2 Å². The first kappa shape index (κ1) is 24.1. The van der Waals surface area contributed by atoms with Crippen LogP contribution in [-0.2, 0) is 4.79 Å². The average molecular weight is 326 g/mol. The van der Waals surface area contributed by atoms with E-state index < -0.39 is 5.97 Å². The first-order valence-electron chi connectivity index (χ1n) is 8.62. The van der Waals surface area contributed by atoms with Crippen LogP contribution in [0.1, 0.15) is 96.8 Å². The van der Waals surface area contributed by atoms with E-state index in [1.807, 2.05) is 0 Å². The molecular formula is C18H33KO2. The molecule has 3 heteroatoms. The van der Waals surface area contributed by atoms with Crippen LogP contribution in [0, 0.1) is 0 Å².